The molecule has 0 radical (unpaired) electrons. The Kier molecular flexibility index (Phi) is 17.7. The van der Waals surface area contributed by atoms with Crippen LogP contribution in [0, 0.1) is 36.5 Å². The molecule has 382 valence electrons. The normalized spacial score (nSPS) is 15.3. The van der Waals surface area contributed by atoms with E-state index in [9.17, 15) is 24.4 Å². The summed E-state index contributed by atoms with van der Waals surface area (Å²) in [6, 6.07) is 46.6. The van der Waals surface area contributed by atoms with Gasteiger partial charge in [0.15, 0.2) is 0 Å². The lowest BCUT2D eigenvalue weighted by Gasteiger charge is -2.32. The smallest absolute Gasteiger partial charge is 0.469 e. The number of carbonyl (C=O) groups excluding carboxylic acids is 4. The number of benzene rings is 6. The van der Waals surface area contributed by atoms with E-state index >= 15 is 0 Å². The third-order valence-corrected chi connectivity index (χ3v) is 14.4. The molecular weight excluding hydrogens is 940 g/mol. The van der Waals surface area contributed by atoms with Crippen LogP contribution in [0.1, 0.15) is 122 Å². The van der Waals surface area contributed by atoms with Crippen LogP contribution in [0.4, 0.5) is 0 Å². The molecule has 0 aromatic heterocycles. The van der Waals surface area contributed by atoms with E-state index in [1.54, 1.807) is 30.3 Å². The Morgan fingerprint density at radius 1 is 0.640 bits per heavy atom. The second-order valence-corrected chi connectivity index (χ2v) is 19.9. The molecule has 1 atom stereocenters. The number of nitriles is 2. The van der Waals surface area contributed by atoms with Gasteiger partial charge in [-0.1, -0.05) is 84.9 Å². The van der Waals surface area contributed by atoms with Gasteiger partial charge in [-0.25, -0.2) is 4.79 Å². The van der Waals surface area contributed by atoms with Crippen molar-refractivity contribution in [1.82, 2.24) is 9.80 Å². The first-order chi connectivity index (χ1) is 35.9. The van der Waals surface area contributed by atoms with Crippen molar-refractivity contribution in [3.05, 3.63) is 212 Å². The van der Waals surface area contributed by atoms with Gasteiger partial charge >= 0.3 is 19.1 Å². The SMILES string of the molecule is CC1(C)OB(c2ccc3c(c2)CN(C(=O)c2ccccc2)CC3)OC1(C)C.COC(=O)/C=C/c1ccc(C#N)cc1C.COC(=O)CC(c1ccc2c(c1)CN(C(=O)c1ccccc1)CC2)c1ccc(C#N)cc1C. The Morgan fingerprint density at radius 2 is 1.16 bits per heavy atom. The Labute approximate surface area is 441 Å². The summed E-state index contributed by atoms with van der Waals surface area (Å²) in [4.78, 5) is 52.7. The molecule has 3 heterocycles. The van der Waals surface area contributed by atoms with E-state index in [2.05, 4.69) is 81.0 Å². The molecular formula is C62H63BN4O8. The average molecular weight is 1000 g/mol. The number of ether oxygens (including phenoxy) is 2. The quantitative estimate of drug-likeness (QED) is 0.0775. The molecule has 1 saturated heterocycles. The number of carbonyl (C=O) groups is 4. The molecule has 12 nitrogen and oxygen atoms in total. The molecule has 1 unspecified atom stereocenters. The summed E-state index contributed by atoms with van der Waals surface area (Å²) in [6.07, 6.45) is 4.90. The Morgan fingerprint density at radius 3 is 1.67 bits per heavy atom. The van der Waals surface area contributed by atoms with Crippen molar-refractivity contribution in [3.8, 4) is 12.1 Å². The summed E-state index contributed by atoms with van der Waals surface area (Å²) < 4.78 is 21.8. The highest BCUT2D eigenvalue weighted by Gasteiger charge is 2.51. The zero-order valence-electron chi connectivity index (χ0n) is 44.0. The van der Waals surface area contributed by atoms with Crippen molar-refractivity contribution < 1.29 is 38.0 Å². The number of hydrogen-bond donors (Lipinski definition) is 0. The average Bonchev–Trinajstić information content (AvgIpc) is 3.66. The molecule has 1 fully saturated rings. The molecule has 9 rings (SSSR count). The van der Waals surface area contributed by atoms with Crippen LogP contribution in [0.5, 0.6) is 0 Å². The van der Waals surface area contributed by atoms with Gasteiger partial charge in [0.05, 0.1) is 55.1 Å². The Hall–Kier alpha value is -8.10. The second kappa shape index (κ2) is 24.3. The minimum Gasteiger partial charge on any atom is -0.469 e. The van der Waals surface area contributed by atoms with Crippen LogP contribution >= 0.6 is 0 Å². The highest BCUT2D eigenvalue weighted by molar-refractivity contribution is 6.62. The molecule has 0 aliphatic carbocycles. The number of nitrogens with zero attached hydrogens (tertiary/aromatic N) is 4. The Bertz CT molecular complexity index is 3160. The predicted octanol–water partition coefficient (Wildman–Crippen LogP) is 10.00. The minimum atomic E-state index is -0.390. The van der Waals surface area contributed by atoms with Crippen molar-refractivity contribution in [2.24, 2.45) is 0 Å². The highest BCUT2D eigenvalue weighted by Crippen LogP contribution is 2.37. The molecule has 6 aromatic carbocycles. The van der Waals surface area contributed by atoms with Crippen LogP contribution in [0.3, 0.4) is 0 Å². The van der Waals surface area contributed by atoms with Gasteiger partial charge < -0.3 is 28.6 Å². The van der Waals surface area contributed by atoms with Crippen molar-refractivity contribution in [1.29, 1.82) is 10.5 Å². The standard InChI is InChI=1S/C28H26N2O3.C22H26BNO3.C12H11NO2/c1-19-14-20(17-29)8-11-25(19)26(16-27(31)33-2)23-10-9-21-12-13-30(18-24(21)15-23)28(32)22-6-4-3-5-7-22;1-21(2)22(3,4)27-23(26-21)19-11-10-16-12-13-24(15-18(16)14-19)20(25)17-8-6-5-7-9-17;1-9-7-10(8-13)3-4-11(9)5-6-12(14)15-2/h3-11,14-15,26H,12-13,16,18H2,1-2H3;5-11,14H,12-13,15H2,1-4H3;3-7H,1-2H3/b;;6-5+. The van der Waals surface area contributed by atoms with E-state index < -0.39 is 5.97 Å². The maximum absolute atomic E-state index is 13.0. The lowest BCUT2D eigenvalue weighted by Crippen LogP contribution is -2.41. The van der Waals surface area contributed by atoms with E-state index in [1.165, 1.54) is 37.0 Å². The van der Waals surface area contributed by atoms with Gasteiger partial charge in [-0.15, -0.1) is 0 Å². The van der Waals surface area contributed by atoms with E-state index in [-0.39, 0.29) is 48.4 Å². The molecule has 13 heteroatoms. The number of rotatable bonds is 9. The van der Waals surface area contributed by atoms with E-state index in [0.29, 0.717) is 36.3 Å². The fourth-order valence-electron chi connectivity index (χ4n) is 9.32. The zero-order valence-corrected chi connectivity index (χ0v) is 44.0. The largest absolute Gasteiger partial charge is 0.494 e. The molecule has 2 amide bonds. The number of aryl methyl sites for hydroxylation is 2. The molecule has 3 aliphatic rings. The molecule has 3 aliphatic heterocycles. The first-order valence-electron chi connectivity index (χ1n) is 25.1. The van der Waals surface area contributed by atoms with Crippen LogP contribution in [-0.2, 0) is 54.3 Å². The van der Waals surface area contributed by atoms with Gasteiger partial charge in [0.25, 0.3) is 11.8 Å². The van der Waals surface area contributed by atoms with Gasteiger partial charge in [-0.3, -0.25) is 14.4 Å². The van der Waals surface area contributed by atoms with Crippen molar-refractivity contribution >= 4 is 42.4 Å². The summed E-state index contributed by atoms with van der Waals surface area (Å²) in [6.45, 7) is 14.7. The maximum atomic E-state index is 13.0. The van der Waals surface area contributed by atoms with Gasteiger partial charge in [0.2, 0.25) is 0 Å². The fourth-order valence-corrected chi connectivity index (χ4v) is 9.32. The first kappa shape index (κ1) is 54.7. The number of esters is 2. The zero-order chi connectivity index (χ0) is 53.9. The number of hydrogen-bond acceptors (Lipinski definition) is 10. The summed E-state index contributed by atoms with van der Waals surface area (Å²) in [7, 11) is 2.35. The van der Waals surface area contributed by atoms with Crippen LogP contribution in [0.15, 0.2) is 140 Å². The molecule has 0 spiro atoms. The number of methoxy groups -OCH3 is 2. The van der Waals surface area contributed by atoms with Crippen LogP contribution in [0.2, 0.25) is 0 Å². The van der Waals surface area contributed by atoms with Gasteiger partial charge in [-0.2, -0.15) is 10.5 Å². The van der Waals surface area contributed by atoms with E-state index in [4.69, 9.17) is 19.3 Å². The molecule has 0 saturated carbocycles. The van der Waals surface area contributed by atoms with Crippen molar-refractivity contribution in [3.63, 3.8) is 0 Å². The van der Waals surface area contributed by atoms with Crippen molar-refractivity contribution in [2.45, 2.75) is 91.0 Å². The third kappa shape index (κ3) is 13.4. The Balaban J connectivity index is 0.000000175. The van der Waals surface area contributed by atoms with E-state index in [0.717, 1.165) is 63.8 Å². The summed E-state index contributed by atoms with van der Waals surface area (Å²) >= 11 is 0. The fraction of sp³-hybridized carbons (Fsp3) is 0.290. The maximum Gasteiger partial charge on any atom is 0.494 e. The summed E-state index contributed by atoms with van der Waals surface area (Å²) in [5.41, 5.74) is 12.5. The van der Waals surface area contributed by atoms with Crippen molar-refractivity contribution in [2.75, 3.05) is 27.3 Å². The molecule has 75 heavy (non-hydrogen) atoms. The second-order valence-electron chi connectivity index (χ2n) is 19.9. The van der Waals surface area contributed by atoms with E-state index in [1.807, 2.05) is 96.4 Å². The van der Waals surface area contributed by atoms with Crippen LogP contribution < -0.4 is 5.46 Å². The lowest BCUT2D eigenvalue weighted by molar-refractivity contribution is -0.141. The number of amides is 2. The third-order valence-electron chi connectivity index (χ3n) is 14.4. The summed E-state index contributed by atoms with van der Waals surface area (Å²) in [5.74, 6) is -0.764. The topological polar surface area (TPSA) is 159 Å². The molecule has 0 bridgehead atoms. The van der Waals surface area contributed by atoms with Gasteiger partial charge in [0, 0.05) is 49.3 Å². The number of fused-ring (bicyclic) bond motifs is 2. The van der Waals surface area contributed by atoms with Gasteiger partial charge in [0.1, 0.15) is 0 Å². The van der Waals surface area contributed by atoms with Gasteiger partial charge in [-0.05, 0) is 165 Å². The predicted molar refractivity (Wildman–Crippen MR) is 290 cm³/mol. The highest BCUT2D eigenvalue weighted by atomic mass is 16.7. The molecule has 6 aromatic rings. The molecule has 0 N–H and O–H groups in total. The van der Waals surface area contributed by atoms with Crippen LogP contribution in [-0.4, -0.2) is 79.2 Å². The summed E-state index contributed by atoms with van der Waals surface area (Å²) in [5, 5.41) is 17.9. The first-order valence-corrected chi connectivity index (χ1v) is 25.1. The minimum absolute atomic E-state index is 0.0284. The lowest BCUT2D eigenvalue weighted by atomic mass is 9.77. The monoisotopic (exact) mass is 1000 g/mol. The van der Waals surface area contributed by atoms with Crippen LogP contribution in [0.25, 0.3) is 6.08 Å².